The summed E-state index contributed by atoms with van der Waals surface area (Å²) in [5, 5.41) is 0. The number of hydrogen-bond acceptors (Lipinski definition) is 3. The largest absolute Gasteiger partial charge is 0.288 e. The smallest absolute Gasteiger partial charge is 0.176 e. The van der Waals surface area contributed by atoms with E-state index in [0.717, 1.165) is 0 Å². The number of hydrogen-bond donors (Lipinski definition) is 0. The molecule has 3 nitrogen and oxygen atoms in total. The van der Waals surface area contributed by atoms with E-state index in [0.29, 0.717) is 11.4 Å². The maximum absolute atomic E-state index is 10.7. The molecule has 1 aliphatic heterocycles. The van der Waals surface area contributed by atoms with Crippen molar-refractivity contribution in [3.05, 3.63) is 11.0 Å². The van der Waals surface area contributed by atoms with Gasteiger partial charge < -0.3 is 0 Å². The maximum atomic E-state index is 10.7. The fourth-order valence-corrected chi connectivity index (χ4v) is 1.23. The van der Waals surface area contributed by atoms with Gasteiger partial charge in [-0.2, -0.15) is 0 Å². The first-order valence-electron chi connectivity index (χ1n) is 2.51. The Kier molecular flexibility index (Phi) is 1.40. The zero-order valence-electron chi connectivity index (χ0n) is 5.03. The zero-order valence-corrected chi connectivity index (χ0v) is 5.85. The highest BCUT2D eigenvalue weighted by Crippen LogP contribution is 2.05. The molecule has 9 heavy (non-hydrogen) atoms. The molecule has 0 atom stereocenters. The molecular formula is C5H7NO2S. The lowest BCUT2D eigenvalue weighted by Crippen LogP contribution is -1.99. The lowest BCUT2D eigenvalue weighted by molar-refractivity contribution is 0.609. The van der Waals surface area contributed by atoms with Crippen LogP contribution in [-0.2, 0) is 9.84 Å². The minimum Gasteiger partial charge on any atom is -0.288 e. The Morgan fingerprint density at radius 2 is 2.33 bits per heavy atom. The third-order valence-electron chi connectivity index (χ3n) is 1.04. The third kappa shape index (κ3) is 1.38. The first kappa shape index (κ1) is 6.48. The van der Waals surface area contributed by atoms with E-state index in [1.807, 2.05) is 0 Å². The van der Waals surface area contributed by atoms with Gasteiger partial charge >= 0.3 is 0 Å². The van der Waals surface area contributed by atoms with E-state index < -0.39 is 9.84 Å². The van der Waals surface area contributed by atoms with Crippen molar-refractivity contribution >= 4 is 16.1 Å². The molecule has 0 aliphatic carbocycles. The van der Waals surface area contributed by atoms with Crippen molar-refractivity contribution in [2.24, 2.45) is 4.99 Å². The molecule has 0 spiro atoms. The highest BCUT2D eigenvalue weighted by atomic mass is 32.2. The summed E-state index contributed by atoms with van der Waals surface area (Å²) >= 11 is 0. The van der Waals surface area contributed by atoms with Crippen LogP contribution in [0.5, 0.6) is 0 Å². The zero-order chi connectivity index (χ0) is 6.91. The Balaban J connectivity index is 3.01. The monoisotopic (exact) mass is 145 g/mol. The molecule has 0 fully saturated rings. The standard InChI is InChI=1S/C5H7NO2S/c1-9(7,8)5-2-3-6-4-5/h2,4H,3H2,1H3. The van der Waals surface area contributed by atoms with E-state index in [9.17, 15) is 8.42 Å². The van der Waals surface area contributed by atoms with Crippen LogP contribution in [0.1, 0.15) is 0 Å². The average Bonchev–Trinajstić information content (AvgIpc) is 2.08. The molecule has 0 saturated carbocycles. The lowest BCUT2D eigenvalue weighted by Gasteiger charge is -1.89. The summed E-state index contributed by atoms with van der Waals surface area (Å²) in [6, 6.07) is 0. The Hall–Kier alpha value is -0.640. The van der Waals surface area contributed by atoms with Crippen LogP contribution >= 0.6 is 0 Å². The van der Waals surface area contributed by atoms with Crippen molar-refractivity contribution in [1.82, 2.24) is 0 Å². The van der Waals surface area contributed by atoms with Gasteiger partial charge in [-0.15, -0.1) is 0 Å². The molecule has 0 unspecified atom stereocenters. The van der Waals surface area contributed by atoms with Crippen molar-refractivity contribution in [3.63, 3.8) is 0 Å². The van der Waals surface area contributed by atoms with Crippen LogP contribution in [0.4, 0.5) is 0 Å². The van der Waals surface area contributed by atoms with E-state index >= 15 is 0 Å². The SMILES string of the molecule is CS(=O)(=O)C1=CCN=C1. The molecular weight excluding hydrogens is 138 g/mol. The summed E-state index contributed by atoms with van der Waals surface area (Å²) in [6.07, 6.45) is 4.15. The van der Waals surface area contributed by atoms with E-state index in [1.165, 1.54) is 12.5 Å². The van der Waals surface area contributed by atoms with Crippen LogP contribution in [0.15, 0.2) is 16.0 Å². The molecule has 1 aliphatic rings. The first-order chi connectivity index (χ1) is 4.11. The fraction of sp³-hybridized carbons (Fsp3) is 0.400. The van der Waals surface area contributed by atoms with Crippen LogP contribution in [0, 0.1) is 0 Å². The maximum Gasteiger partial charge on any atom is 0.176 e. The van der Waals surface area contributed by atoms with Crippen molar-refractivity contribution in [2.45, 2.75) is 0 Å². The first-order valence-corrected chi connectivity index (χ1v) is 4.40. The average molecular weight is 145 g/mol. The molecule has 0 aromatic heterocycles. The minimum atomic E-state index is -2.99. The molecule has 0 amide bonds. The Labute approximate surface area is 54.0 Å². The molecule has 50 valence electrons. The summed E-state index contributed by atoms with van der Waals surface area (Å²) in [6.45, 7) is 0.502. The van der Waals surface area contributed by atoms with E-state index in [-0.39, 0.29) is 0 Å². The van der Waals surface area contributed by atoms with Gasteiger partial charge in [0.1, 0.15) is 0 Å². The predicted molar refractivity (Wildman–Crippen MR) is 36.3 cm³/mol. The molecule has 0 saturated heterocycles. The second kappa shape index (κ2) is 1.95. The van der Waals surface area contributed by atoms with Gasteiger partial charge in [0, 0.05) is 12.5 Å². The molecule has 0 aromatic carbocycles. The van der Waals surface area contributed by atoms with Crippen molar-refractivity contribution in [3.8, 4) is 0 Å². The van der Waals surface area contributed by atoms with Gasteiger partial charge in [-0.3, -0.25) is 4.99 Å². The summed E-state index contributed by atoms with van der Waals surface area (Å²) < 4.78 is 21.3. The Bertz CT molecular complexity index is 261. The second-order valence-corrected chi connectivity index (χ2v) is 3.89. The molecule has 1 rings (SSSR count). The molecule has 0 aromatic rings. The number of allylic oxidation sites excluding steroid dienone is 1. The van der Waals surface area contributed by atoms with Gasteiger partial charge in [0.05, 0.1) is 11.4 Å². The van der Waals surface area contributed by atoms with Crippen LogP contribution in [0.2, 0.25) is 0 Å². The van der Waals surface area contributed by atoms with Crippen molar-refractivity contribution in [1.29, 1.82) is 0 Å². The van der Waals surface area contributed by atoms with E-state index in [4.69, 9.17) is 0 Å². The van der Waals surface area contributed by atoms with Gasteiger partial charge in [-0.05, 0) is 6.08 Å². The minimum absolute atomic E-state index is 0.336. The number of nitrogens with zero attached hydrogens (tertiary/aromatic N) is 1. The van der Waals surface area contributed by atoms with E-state index in [1.54, 1.807) is 6.08 Å². The summed E-state index contributed by atoms with van der Waals surface area (Å²) in [7, 11) is -2.99. The van der Waals surface area contributed by atoms with Gasteiger partial charge in [-0.25, -0.2) is 8.42 Å². The highest BCUT2D eigenvalue weighted by molar-refractivity contribution is 7.95. The fourth-order valence-electron chi connectivity index (χ4n) is 0.585. The lowest BCUT2D eigenvalue weighted by atomic mass is 10.6. The quantitative estimate of drug-likeness (QED) is 0.521. The summed E-state index contributed by atoms with van der Waals surface area (Å²) in [5.74, 6) is 0. The molecule has 1 heterocycles. The number of aliphatic imine (C=N–C) groups is 1. The molecule has 4 heteroatoms. The molecule has 0 N–H and O–H groups in total. The number of sulfone groups is 1. The van der Waals surface area contributed by atoms with Gasteiger partial charge in [-0.1, -0.05) is 0 Å². The van der Waals surface area contributed by atoms with Gasteiger partial charge in [0.2, 0.25) is 0 Å². The van der Waals surface area contributed by atoms with Crippen LogP contribution in [0.3, 0.4) is 0 Å². The third-order valence-corrected chi connectivity index (χ3v) is 2.17. The molecule has 0 radical (unpaired) electrons. The molecule has 0 bridgehead atoms. The topological polar surface area (TPSA) is 46.5 Å². The van der Waals surface area contributed by atoms with Crippen molar-refractivity contribution in [2.75, 3.05) is 12.8 Å². The van der Waals surface area contributed by atoms with Crippen LogP contribution < -0.4 is 0 Å². The summed E-state index contributed by atoms with van der Waals surface area (Å²) in [5.41, 5.74) is 0. The Morgan fingerprint density at radius 3 is 2.56 bits per heavy atom. The van der Waals surface area contributed by atoms with Crippen LogP contribution in [-0.4, -0.2) is 27.4 Å². The summed E-state index contributed by atoms with van der Waals surface area (Å²) in [4.78, 5) is 4.07. The van der Waals surface area contributed by atoms with Gasteiger partial charge in [0.15, 0.2) is 9.84 Å². The highest BCUT2D eigenvalue weighted by Gasteiger charge is 2.09. The number of rotatable bonds is 1. The van der Waals surface area contributed by atoms with Crippen molar-refractivity contribution < 1.29 is 8.42 Å². The Morgan fingerprint density at radius 1 is 1.67 bits per heavy atom. The second-order valence-electron chi connectivity index (χ2n) is 1.87. The van der Waals surface area contributed by atoms with E-state index in [2.05, 4.69) is 4.99 Å². The van der Waals surface area contributed by atoms with Crippen LogP contribution in [0.25, 0.3) is 0 Å². The predicted octanol–water partition coefficient (Wildman–Crippen LogP) is -0.000700. The van der Waals surface area contributed by atoms with Gasteiger partial charge in [0.25, 0.3) is 0 Å². The normalized spacial score (nSPS) is 18.1.